The molecule has 0 spiro atoms. The molecule has 0 amide bonds. The molecule has 27 aromatic rings. The predicted molar refractivity (Wildman–Crippen MR) is 547 cm³/mol. The van der Waals surface area contributed by atoms with Crippen LogP contribution in [-0.4, -0.2) is 34.5 Å². The lowest BCUT2D eigenvalue weighted by Crippen LogP contribution is -2.03. The predicted octanol–water partition coefficient (Wildman–Crippen LogP) is 33.1. The summed E-state index contributed by atoms with van der Waals surface area (Å²) in [5.41, 5.74) is 24.3. The molecule has 0 saturated heterocycles. The van der Waals surface area contributed by atoms with Gasteiger partial charge in [-0.15, -0.1) is 22.7 Å². The molecule has 10 heteroatoms. The Morgan fingerprint density at radius 1 is 0.185 bits per heavy atom. The number of aromatic nitrogens is 7. The highest BCUT2D eigenvalue weighted by Gasteiger charge is 2.25. The van der Waals surface area contributed by atoms with E-state index in [2.05, 4.69) is 441 Å². The van der Waals surface area contributed by atoms with Gasteiger partial charge in [0.05, 0.1) is 50.1 Å². The van der Waals surface area contributed by atoms with Crippen molar-refractivity contribution in [1.29, 1.82) is 0 Å². The molecule has 0 radical (unpaired) electrons. The number of hydrogen-bond donors (Lipinski definition) is 0. The molecule has 0 aliphatic rings. The summed E-state index contributed by atoms with van der Waals surface area (Å²) in [6, 6.07) is 156. The minimum Gasteiger partial charge on any atom is -0.456 e. The van der Waals surface area contributed by atoms with Crippen molar-refractivity contribution in [2.45, 2.75) is 0 Å². The van der Waals surface area contributed by atoms with Gasteiger partial charge in [-0.3, -0.25) is 4.57 Å². The van der Waals surface area contributed by atoms with Gasteiger partial charge in [0.15, 0.2) is 11.6 Å². The first-order chi connectivity index (χ1) is 64.4. The van der Waals surface area contributed by atoms with Crippen LogP contribution in [0.25, 0.3) is 256 Å². The van der Waals surface area contributed by atoms with E-state index in [0.717, 1.165) is 133 Å². The topological polar surface area (TPSA) is 95.4 Å². The molecule has 0 saturated carbocycles. The number of nitrogens with zero attached hydrogens (tertiary/aromatic N) is 7. The van der Waals surface area contributed by atoms with Gasteiger partial charge in [0.1, 0.15) is 11.2 Å². The lowest BCUT2D eigenvalue weighted by Gasteiger charge is -2.12. The molecule has 27 rings (SSSR count). The first-order valence-electron chi connectivity index (χ1n) is 43.8. The van der Waals surface area contributed by atoms with E-state index in [1.54, 1.807) is 0 Å². The first kappa shape index (κ1) is 75.7. The molecule has 130 heavy (non-hydrogen) atoms. The molecule has 0 unspecified atom stereocenters. The fourth-order valence-electron chi connectivity index (χ4n) is 19.0. The van der Waals surface area contributed by atoms with Gasteiger partial charge in [0, 0.05) is 100 Å². The van der Waals surface area contributed by atoms with E-state index < -0.39 is 0 Å². The Morgan fingerprint density at radius 2 is 0.515 bits per heavy atom. The van der Waals surface area contributed by atoms with Gasteiger partial charge in [-0.2, -0.15) is 0 Å². The van der Waals surface area contributed by atoms with E-state index in [0.29, 0.717) is 5.95 Å². The van der Waals surface area contributed by atoms with E-state index in [9.17, 15) is 0 Å². The number of rotatable bonds is 10. The van der Waals surface area contributed by atoms with Crippen LogP contribution in [0.4, 0.5) is 0 Å². The number of thiophene rings is 2. The van der Waals surface area contributed by atoms with Crippen LogP contribution in [0.2, 0.25) is 0 Å². The normalized spacial score (nSPS) is 11.7. The van der Waals surface area contributed by atoms with Gasteiger partial charge in [-0.05, 0) is 168 Å². The maximum atomic E-state index is 6.42. The number of fused-ring (bicyclic) bond motifs is 21. The second-order valence-corrected chi connectivity index (χ2v) is 35.2. The highest BCUT2D eigenvalue weighted by Crippen LogP contribution is 2.47. The summed E-state index contributed by atoms with van der Waals surface area (Å²) < 4.78 is 13.6. The Bertz CT molecular complexity index is 9080. The second-order valence-electron chi connectivity index (χ2n) is 33.1. The summed E-state index contributed by atoms with van der Waals surface area (Å²) in [5, 5.41) is 19.8. The van der Waals surface area contributed by atoms with Crippen LogP contribution < -0.4 is 0 Å². The standard InChI is InChI=1S/2C42H26N2S.C36H21N3O/c1-3-10-27(11-4-1)28-18-20-29(21-19-28)31-16-9-17-34(24-31)42-43-40(30-12-5-2-6-13-30)35-22-23-37-39(41(35)44-42)36-25-32-14-7-8-15-33(32)26-38(36)45-37;1-3-9-27(10-4-1)28-15-17-29(18-16-28)30-19-21-32(22-20-30)42-43-40(31-11-5-2-6-12-31)35-23-24-37-39(41(35)44-42)36-25-33-13-7-8-14-34(33)26-38(36)45-37;1-2-10-22(11-3-1)34-27-18-19-31-33(28-20-23-12-4-5-13-24(23)21-32(28)40-31)35(27)38-36(37-34)39-29-16-8-6-14-25(29)26-15-7-9-17-30(26)39/h2*1-26H;1-21H. The van der Waals surface area contributed by atoms with Gasteiger partial charge < -0.3 is 4.42 Å². The molecule has 606 valence electrons. The smallest absolute Gasteiger partial charge is 0.235 e. The summed E-state index contributed by atoms with van der Waals surface area (Å²) in [6.07, 6.45) is 0. The van der Waals surface area contributed by atoms with Crippen LogP contribution in [0.15, 0.2) is 447 Å². The quantitative estimate of drug-likeness (QED) is 0.135. The van der Waals surface area contributed by atoms with Crippen LogP contribution >= 0.6 is 22.7 Å². The summed E-state index contributed by atoms with van der Waals surface area (Å²) in [6.45, 7) is 0. The number of hydrogen-bond acceptors (Lipinski definition) is 9. The highest BCUT2D eigenvalue weighted by atomic mass is 32.1. The molecule has 7 aromatic heterocycles. The number of para-hydroxylation sites is 2. The van der Waals surface area contributed by atoms with Crippen molar-refractivity contribution < 1.29 is 4.42 Å². The van der Waals surface area contributed by atoms with Gasteiger partial charge >= 0.3 is 0 Å². The molecule has 0 aliphatic carbocycles. The van der Waals surface area contributed by atoms with Crippen molar-refractivity contribution in [2.24, 2.45) is 0 Å². The van der Waals surface area contributed by atoms with E-state index in [-0.39, 0.29) is 0 Å². The number of furan rings is 1. The van der Waals surface area contributed by atoms with Crippen molar-refractivity contribution in [2.75, 3.05) is 0 Å². The van der Waals surface area contributed by atoms with Crippen molar-refractivity contribution in [3.05, 3.63) is 443 Å². The third kappa shape index (κ3) is 13.4. The molecular weight excluding hydrogens is 1620 g/mol. The SMILES string of the molecule is c1ccc(-c2ccc(-c3ccc(-c4nc(-c5ccccc5)c5ccc6sc7cc8ccccc8cc7c6c5n4)cc3)cc2)cc1.c1ccc(-c2ccc(-c3cccc(-c4nc(-c5ccccc5)c5ccc6sc7cc8ccccc8cc7c6c5n4)c3)cc2)cc1.c1ccc(-c2nc(-n3c4ccccc4c4ccccc43)nc3c2ccc2oc4cc5ccccc5cc4c23)cc1. The van der Waals surface area contributed by atoms with E-state index in [1.165, 1.54) is 117 Å². The Hall–Kier alpha value is -16.8. The summed E-state index contributed by atoms with van der Waals surface area (Å²) in [4.78, 5) is 31.7. The maximum absolute atomic E-state index is 6.42. The lowest BCUT2D eigenvalue weighted by molar-refractivity contribution is 0.669. The van der Waals surface area contributed by atoms with Crippen molar-refractivity contribution in [3.63, 3.8) is 0 Å². The Labute approximate surface area is 754 Å². The van der Waals surface area contributed by atoms with E-state index in [4.69, 9.17) is 34.3 Å². The van der Waals surface area contributed by atoms with Crippen LogP contribution in [0.1, 0.15) is 0 Å². The zero-order valence-corrected chi connectivity index (χ0v) is 71.6. The first-order valence-corrected chi connectivity index (χ1v) is 45.4. The Kier molecular flexibility index (Phi) is 18.5. The minimum atomic E-state index is 0.645. The largest absolute Gasteiger partial charge is 0.456 e. The second kappa shape index (κ2) is 31.7. The van der Waals surface area contributed by atoms with E-state index >= 15 is 0 Å². The average Bonchev–Trinajstić information content (AvgIpc) is 1.56. The van der Waals surface area contributed by atoms with Crippen LogP contribution in [-0.2, 0) is 0 Å². The number of benzene rings is 20. The molecule has 0 atom stereocenters. The lowest BCUT2D eigenvalue weighted by atomic mass is 9.98. The van der Waals surface area contributed by atoms with Crippen molar-refractivity contribution in [3.8, 4) is 107 Å². The Balaban J connectivity index is 0.000000105. The zero-order valence-electron chi connectivity index (χ0n) is 70.0. The zero-order chi connectivity index (χ0) is 85.7. The monoisotopic (exact) mass is 1690 g/mol. The van der Waals surface area contributed by atoms with Gasteiger partial charge in [0.25, 0.3) is 0 Å². The molecule has 0 aliphatic heterocycles. The van der Waals surface area contributed by atoms with Gasteiger partial charge in [-0.25, -0.2) is 29.9 Å². The van der Waals surface area contributed by atoms with E-state index in [1.807, 2.05) is 28.7 Å². The maximum Gasteiger partial charge on any atom is 0.235 e. The molecule has 7 heterocycles. The molecular formula is C120H73N7OS2. The van der Waals surface area contributed by atoms with Gasteiger partial charge in [-0.1, -0.05) is 352 Å². The van der Waals surface area contributed by atoms with Crippen LogP contribution in [0.5, 0.6) is 0 Å². The summed E-state index contributed by atoms with van der Waals surface area (Å²) in [5.74, 6) is 2.11. The summed E-state index contributed by atoms with van der Waals surface area (Å²) in [7, 11) is 0. The molecule has 8 nitrogen and oxygen atoms in total. The molecule has 0 bridgehead atoms. The fraction of sp³-hybridized carbons (Fsp3) is 0. The molecule has 0 N–H and O–H groups in total. The molecule has 0 fully saturated rings. The Morgan fingerprint density at radius 3 is 0.969 bits per heavy atom. The highest BCUT2D eigenvalue weighted by molar-refractivity contribution is 7.26. The van der Waals surface area contributed by atoms with Crippen LogP contribution in [0.3, 0.4) is 0 Å². The fourth-order valence-corrected chi connectivity index (χ4v) is 21.3. The van der Waals surface area contributed by atoms with Crippen molar-refractivity contribution >= 4 is 172 Å². The third-order valence-corrected chi connectivity index (χ3v) is 27.6. The minimum absolute atomic E-state index is 0.645. The van der Waals surface area contributed by atoms with Crippen LogP contribution in [0, 0.1) is 0 Å². The summed E-state index contributed by atoms with van der Waals surface area (Å²) >= 11 is 3.67. The molecule has 20 aromatic carbocycles. The third-order valence-electron chi connectivity index (χ3n) is 25.3. The van der Waals surface area contributed by atoms with Crippen molar-refractivity contribution in [1.82, 2.24) is 34.5 Å². The van der Waals surface area contributed by atoms with Gasteiger partial charge in [0.2, 0.25) is 5.95 Å². The average molecular weight is 1690 g/mol.